The number of nitrogens with one attached hydrogen (secondary N) is 1. The van der Waals surface area contributed by atoms with Crippen LogP contribution in [0.3, 0.4) is 0 Å². The number of rotatable bonds is 5. The second kappa shape index (κ2) is 5.69. The molecular weight excluding hydrogens is 323 g/mol. The number of aromatic nitrogens is 2. The number of hydrogen-bond donors (Lipinski definition) is 1. The van der Waals surface area contributed by atoms with E-state index in [1.807, 2.05) is 6.92 Å². The molecule has 0 fully saturated rings. The summed E-state index contributed by atoms with van der Waals surface area (Å²) in [5.74, 6) is -1.23. The number of hydrogen-bond acceptors (Lipinski definition) is 7. The van der Waals surface area contributed by atoms with E-state index < -0.39 is 31.3 Å². The number of aryl methyl sites for hydroxylation is 1. The van der Waals surface area contributed by atoms with Gasteiger partial charge in [-0.25, -0.2) is 8.42 Å². The zero-order chi connectivity index (χ0) is 15.6. The normalized spacial score (nSPS) is 11.3. The molecule has 0 aliphatic carbocycles. The van der Waals surface area contributed by atoms with Gasteiger partial charge in [-0.2, -0.15) is 4.39 Å². The number of para-hydroxylation sites is 1. The van der Waals surface area contributed by atoms with Crippen LogP contribution in [-0.4, -0.2) is 23.5 Å². The van der Waals surface area contributed by atoms with E-state index in [4.69, 9.17) is 0 Å². The summed E-state index contributed by atoms with van der Waals surface area (Å²) >= 11 is 0.997. The molecule has 1 heterocycles. The summed E-state index contributed by atoms with van der Waals surface area (Å²) in [5.41, 5.74) is -1.11. The third-order valence-electron chi connectivity index (χ3n) is 2.41. The fraction of sp³-hybridized carbons (Fsp3) is 0.200. The lowest BCUT2D eigenvalue weighted by atomic mass is 10.3. The van der Waals surface area contributed by atoms with Gasteiger partial charge in [0.1, 0.15) is 5.01 Å². The second-order valence-electron chi connectivity index (χ2n) is 3.80. The van der Waals surface area contributed by atoms with Crippen molar-refractivity contribution in [3.05, 3.63) is 39.1 Å². The molecule has 0 atom stereocenters. The highest BCUT2D eigenvalue weighted by Gasteiger charge is 2.30. The van der Waals surface area contributed by atoms with Crippen LogP contribution in [0.1, 0.15) is 11.9 Å². The van der Waals surface area contributed by atoms with Crippen molar-refractivity contribution in [3.63, 3.8) is 0 Å². The fourth-order valence-corrected chi connectivity index (χ4v) is 3.59. The van der Waals surface area contributed by atoms with Crippen LogP contribution >= 0.6 is 11.3 Å². The molecule has 112 valence electrons. The Morgan fingerprint density at radius 2 is 2.14 bits per heavy atom. The van der Waals surface area contributed by atoms with Crippen LogP contribution in [0.5, 0.6) is 0 Å². The van der Waals surface area contributed by atoms with Crippen molar-refractivity contribution in [2.75, 3.05) is 4.72 Å². The maximum Gasteiger partial charge on any atom is 0.325 e. The van der Waals surface area contributed by atoms with Gasteiger partial charge in [-0.1, -0.05) is 24.3 Å². The first-order valence-electron chi connectivity index (χ1n) is 5.63. The van der Waals surface area contributed by atoms with Crippen LogP contribution in [0.4, 0.5) is 15.2 Å². The van der Waals surface area contributed by atoms with E-state index >= 15 is 0 Å². The number of nitro benzene ring substituents is 1. The third kappa shape index (κ3) is 3.13. The molecule has 0 unspecified atom stereocenters. The average molecular weight is 332 g/mol. The smallest absolute Gasteiger partial charge is 0.258 e. The van der Waals surface area contributed by atoms with Crippen molar-refractivity contribution in [2.45, 2.75) is 18.2 Å². The van der Waals surface area contributed by atoms with Crippen LogP contribution in [0, 0.1) is 15.9 Å². The molecule has 0 aliphatic heterocycles. The minimum atomic E-state index is -4.33. The van der Waals surface area contributed by atoms with E-state index in [0.29, 0.717) is 11.4 Å². The molecule has 0 saturated heterocycles. The summed E-state index contributed by atoms with van der Waals surface area (Å²) in [5, 5.41) is 18.7. The lowest BCUT2D eigenvalue weighted by Crippen LogP contribution is -2.15. The number of sulfonamides is 1. The molecule has 2 aromatic rings. The van der Waals surface area contributed by atoms with Crippen molar-refractivity contribution in [3.8, 4) is 0 Å². The molecule has 0 bridgehead atoms. The van der Waals surface area contributed by atoms with E-state index in [1.165, 1.54) is 0 Å². The Labute approximate surface area is 122 Å². The van der Waals surface area contributed by atoms with E-state index in [0.717, 1.165) is 29.5 Å². The van der Waals surface area contributed by atoms with Gasteiger partial charge in [0, 0.05) is 0 Å². The van der Waals surface area contributed by atoms with Crippen molar-refractivity contribution < 1.29 is 17.7 Å². The quantitative estimate of drug-likeness (QED) is 0.661. The zero-order valence-corrected chi connectivity index (χ0v) is 12.2. The summed E-state index contributed by atoms with van der Waals surface area (Å²) in [6.07, 6.45) is 0.569. The maximum absolute atomic E-state index is 13.5. The zero-order valence-electron chi connectivity index (χ0n) is 10.6. The van der Waals surface area contributed by atoms with Crippen molar-refractivity contribution >= 4 is 32.2 Å². The Morgan fingerprint density at radius 1 is 1.43 bits per heavy atom. The van der Waals surface area contributed by atoms with Gasteiger partial charge < -0.3 is 0 Å². The second-order valence-corrected chi connectivity index (χ2v) is 6.52. The predicted molar refractivity (Wildman–Crippen MR) is 73.1 cm³/mol. The van der Waals surface area contributed by atoms with Crippen LogP contribution in [0.2, 0.25) is 0 Å². The molecule has 1 N–H and O–H groups in total. The summed E-state index contributed by atoms with van der Waals surface area (Å²) in [7, 11) is -4.33. The Morgan fingerprint density at radius 3 is 2.71 bits per heavy atom. The first kappa shape index (κ1) is 15.3. The average Bonchev–Trinajstić information content (AvgIpc) is 2.85. The summed E-state index contributed by atoms with van der Waals surface area (Å²) in [6.45, 7) is 1.82. The van der Waals surface area contributed by atoms with Crippen molar-refractivity contribution in [1.82, 2.24) is 10.2 Å². The van der Waals surface area contributed by atoms with E-state index in [1.54, 1.807) is 0 Å². The Hall–Kier alpha value is -2.14. The van der Waals surface area contributed by atoms with Crippen LogP contribution < -0.4 is 4.72 Å². The lowest BCUT2D eigenvalue weighted by molar-refractivity contribution is -0.390. The first-order chi connectivity index (χ1) is 9.85. The molecule has 0 aliphatic rings. The highest BCUT2D eigenvalue weighted by atomic mass is 32.2. The summed E-state index contributed by atoms with van der Waals surface area (Å²) in [4.78, 5) is 9.00. The number of benzene rings is 1. The molecule has 0 radical (unpaired) electrons. The number of anilines is 1. The van der Waals surface area contributed by atoms with E-state index in [9.17, 15) is 22.9 Å². The monoisotopic (exact) mass is 332 g/mol. The van der Waals surface area contributed by atoms with Gasteiger partial charge in [-0.15, -0.1) is 10.2 Å². The topological polar surface area (TPSA) is 115 Å². The Bertz CT molecular complexity index is 790. The van der Waals surface area contributed by atoms with Gasteiger partial charge in [0.25, 0.3) is 10.0 Å². The van der Waals surface area contributed by atoms with Gasteiger partial charge in [0.15, 0.2) is 4.90 Å². The van der Waals surface area contributed by atoms with Crippen molar-refractivity contribution in [2.24, 2.45) is 0 Å². The number of nitrogens with zero attached hydrogens (tertiary/aromatic N) is 3. The summed E-state index contributed by atoms with van der Waals surface area (Å²) in [6, 6.07) is 2.84. The first-order valence-corrected chi connectivity index (χ1v) is 7.93. The molecule has 0 saturated carbocycles. The molecule has 0 amide bonds. The molecule has 8 nitrogen and oxygen atoms in total. The van der Waals surface area contributed by atoms with Gasteiger partial charge in [-0.05, 0) is 18.6 Å². The SMILES string of the molecule is CCc1nnc(NS(=O)(=O)c2cccc(F)c2[N+](=O)[O-])s1. The molecular formula is C10H9FN4O4S2. The van der Waals surface area contributed by atoms with Crippen LogP contribution in [0.15, 0.2) is 23.1 Å². The predicted octanol–water partition coefficient (Wildman–Crippen LogP) is 1.95. The van der Waals surface area contributed by atoms with E-state index in [-0.39, 0.29) is 5.13 Å². The van der Waals surface area contributed by atoms with E-state index in [2.05, 4.69) is 14.9 Å². The molecule has 21 heavy (non-hydrogen) atoms. The standard InChI is InChI=1S/C10H9FN4O4S2/c1-2-8-12-13-10(20-8)14-21(18,19)7-5-3-4-6(11)9(7)15(16)17/h3-5H,2H2,1H3,(H,13,14). The highest BCUT2D eigenvalue weighted by Crippen LogP contribution is 2.29. The minimum absolute atomic E-state index is 0.0367. The van der Waals surface area contributed by atoms with Gasteiger partial charge >= 0.3 is 5.69 Å². The molecule has 0 spiro atoms. The maximum atomic E-state index is 13.5. The fourth-order valence-electron chi connectivity index (χ4n) is 1.50. The van der Waals surface area contributed by atoms with Gasteiger partial charge in [0.05, 0.1) is 4.92 Å². The molecule has 1 aromatic heterocycles. The van der Waals surface area contributed by atoms with Gasteiger partial charge in [0.2, 0.25) is 10.9 Å². The van der Waals surface area contributed by atoms with Crippen LogP contribution in [0.25, 0.3) is 0 Å². The minimum Gasteiger partial charge on any atom is -0.258 e. The summed E-state index contributed by atoms with van der Waals surface area (Å²) < 4.78 is 39.8. The highest BCUT2D eigenvalue weighted by molar-refractivity contribution is 7.93. The molecule has 2 rings (SSSR count). The Balaban J connectivity index is 2.45. The largest absolute Gasteiger partial charge is 0.325 e. The number of nitro groups is 1. The van der Waals surface area contributed by atoms with Crippen LogP contribution in [-0.2, 0) is 16.4 Å². The molecule has 1 aromatic carbocycles. The number of halogens is 1. The lowest BCUT2D eigenvalue weighted by Gasteiger charge is -2.05. The Kier molecular flexibility index (Phi) is 4.14. The molecule has 11 heteroatoms. The third-order valence-corrected chi connectivity index (χ3v) is 4.90. The van der Waals surface area contributed by atoms with Gasteiger partial charge in [-0.3, -0.25) is 14.8 Å². The van der Waals surface area contributed by atoms with Crippen molar-refractivity contribution in [1.29, 1.82) is 0 Å².